The molecule has 1 N–H and O–H groups in total. The van der Waals surface area contributed by atoms with E-state index < -0.39 is 15.9 Å². The van der Waals surface area contributed by atoms with E-state index in [1.165, 1.54) is 0 Å². The van der Waals surface area contributed by atoms with Crippen molar-refractivity contribution in [2.45, 2.75) is 19.0 Å². The molecule has 0 heterocycles. The van der Waals surface area contributed by atoms with E-state index in [4.69, 9.17) is 32.8 Å². The standard InChI is InChI=1S/C11H13B3O4S/c12-5-8-3-10(7-14)11(4-9(8)6-13)18-1-2-19(15,16)17/h3-4H,1-2,5-7H2,(H,15,16,17). The summed E-state index contributed by atoms with van der Waals surface area (Å²) >= 11 is 0. The summed E-state index contributed by atoms with van der Waals surface area (Å²) in [6.07, 6.45) is 0.871. The van der Waals surface area contributed by atoms with Crippen molar-refractivity contribution in [3.8, 4) is 5.75 Å². The number of benzene rings is 1. The van der Waals surface area contributed by atoms with E-state index in [1.807, 2.05) is 0 Å². The molecular weight excluding hydrogens is 261 g/mol. The maximum atomic E-state index is 10.6. The quantitative estimate of drug-likeness (QED) is 0.559. The van der Waals surface area contributed by atoms with Crippen LogP contribution in [-0.4, -0.2) is 48.9 Å². The predicted octanol–water partition coefficient (Wildman–Crippen LogP) is -0.0413. The maximum absolute atomic E-state index is 10.6. The summed E-state index contributed by atoms with van der Waals surface area (Å²) in [7, 11) is 12.8. The first-order valence-electron chi connectivity index (χ1n) is 5.74. The minimum absolute atomic E-state index is 0.155. The summed E-state index contributed by atoms with van der Waals surface area (Å²) in [6, 6.07) is 3.50. The van der Waals surface area contributed by atoms with E-state index in [-0.39, 0.29) is 12.9 Å². The maximum Gasteiger partial charge on any atom is 0.268 e. The molecule has 0 bridgehead atoms. The fraction of sp³-hybridized carbons (Fsp3) is 0.455. The molecule has 19 heavy (non-hydrogen) atoms. The van der Waals surface area contributed by atoms with Gasteiger partial charge in [-0.05, 0) is 11.6 Å². The molecule has 0 saturated heterocycles. The van der Waals surface area contributed by atoms with Crippen molar-refractivity contribution < 1.29 is 17.7 Å². The van der Waals surface area contributed by atoms with Gasteiger partial charge >= 0.3 is 0 Å². The van der Waals surface area contributed by atoms with Crippen LogP contribution in [0.25, 0.3) is 0 Å². The molecule has 96 valence electrons. The molecule has 0 spiro atoms. The minimum atomic E-state index is -4.04. The second kappa shape index (κ2) is 7.05. The number of hydrogen-bond donors (Lipinski definition) is 1. The highest BCUT2D eigenvalue weighted by atomic mass is 32.2. The van der Waals surface area contributed by atoms with Gasteiger partial charge < -0.3 is 4.74 Å². The van der Waals surface area contributed by atoms with E-state index in [1.54, 1.807) is 12.1 Å². The Labute approximate surface area is 117 Å². The van der Waals surface area contributed by atoms with Gasteiger partial charge in [-0.15, -0.1) is 0 Å². The van der Waals surface area contributed by atoms with Gasteiger partial charge in [0.25, 0.3) is 10.1 Å². The van der Waals surface area contributed by atoms with Crippen molar-refractivity contribution in [3.05, 3.63) is 28.8 Å². The Kier molecular flexibility index (Phi) is 6.01. The van der Waals surface area contributed by atoms with Crippen molar-refractivity contribution in [1.82, 2.24) is 0 Å². The third kappa shape index (κ3) is 4.95. The van der Waals surface area contributed by atoms with Gasteiger partial charge in [0.15, 0.2) is 0 Å². The molecule has 6 radical (unpaired) electrons. The average Bonchev–Trinajstić information content (AvgIpc) is 2.36. The summed E-state index contributed by atoms with van der Waals surface area (Å²) < 4.78 is 35.2. The van der Waals surface area contributed by atoms with Crippen LogP contribution in [0.3, 0.4) is 0 Å². The average molecular weight is 274 g/mol. The minimum Gasteiger partial charge on any atom is -0.492 e. The molecule has 0 saturated carbocycles. The Morgan fingerprint density at radius 1 is 1.00 bits per heavy atom. The molecule has 0 aromatic heterocycles. The van der Waals surface area contributed by atoms with Crippen molar-refractivity contribution in [3.63, 3.8) is 0 Å². The van der Waals surface area contributed by atoms with Crippen LogP contribution in [0, 0.1) is 0 Å². The first-order valence-corrected chi connectivity index (χ1v) is 7.35. The van der Waals surface area contributed by atoms with Crippen molar-refractivity contribution in [2.24, 2.45) is 0 Å². The predicted molar refractivity (Wildman–Crippen MR) is 76.7 cm³/mol. The van der Waals surface area contributed by atoms with Crippen LogP contribution < -0.4 is 4.74 Å². The Balaban J connectivity index is 2.92. The summed E-state index contributed by atoms with van der Waals surface area (Å²) in [4.78, 5) is 0. The van der Waals surface area contributed by atoms with Crippen molar-refractivity contribution >= 4 is 33.7 Å². The molecular formula is C11H13B3O4S. The Morgan fingerprint density at radius 2 is 1.53 bits per heavy atom. The molecule has 1 aromatic rings. The fourth-order valence-electron chi connectivity index (χ4n) is 1.65. The SMILES string of the molecule is [B]Cc1cc(C[B])c(OCCS(=O)(=O)O)cc1C[B]. The third-order valence-electron chi connectivity index (χ3n) is 2.64. The Morgan fingerprint density at radius 3 is 2.00 bits per heavy atom. The van der Waals surface area contributed by atoms with Crippen LogP contribution >= 0.6 is 0 Å². The van der Waals surface area contributed by atoms with Crippen molar-refractivity contribution in [2.75, 3.05) is 12.4 Å². The highest BCUT2D eigenvalue weighted by Crippen LogP contribution is 2.24. The van der Waals surface area contributed by atoms with Crippen LogP contribution in [-0.2, 0) is 29.1 Å². The van der Waals surface area contributed by atoms with Gasteiger partial charge in [0, 0.05) is 0 Å². The molecule has 0 fully saturated rings. The molecule has 4 nitrogen and oxygen atoms in total. The van der Waals surface area contributed by atoms with Crippen LogP contribution in [0.15, 0.2) is 12.1 Å². The lowest BCUT2D eigenvalue weighted by Crippen LogP contribution is -2.13. The zero-order valence-corrected chi connectivity index (χ0v) is 11.3. The molecule has 1 aromatic carbocycles. The Hall–Kier alpha value is -0.875. The van der Waals surface area contributed by atoms with Crippen LogP contribution in [0.4, 0.5) is 0 Å². The van der Waals surface area contributed by atoms with E-state index >= 15 is 0 Å². The molecule has 0 unspecified atom stereocenters. The molecule has 0 atom stereocenters. The van der Waals surface area contributed by atoms with Crippen LogP contribution in [0.1, 0.15) is 16.7 Å². The summed E-state index contributed by atoms with van der Waals surface area (Å²) in [5.74, 6) is -0.0167. The highest BCUT2D eigenvalue weighted by Gasteiger charge is 2.10. The fourth-order valence-corrected chi connectivity index (χ4v) is 1.94. The second-order valence-electron chi connectivity index (χ2n) is 3.98. The summed E-state index contributed by atoms with van der Waals surface area (Å²) in [6.45, 7) is -0.155. The first-order chi connectivity index (χ1) is 8.91. The molecule has 0 aliphatic carbocycles. The topological polar surface area (TPSA) is 63.6 Å². The lowest BCUT2D eigenvalue weighted by atomic mass is 9.83. The van der Waals surface area contributed by atoms with Gasteiger partial charge in [0.2, 0.25) is 0 Å². The first kappa shape index (κ1) is 16.2. The third-order valence-corrected chi connectivity index (χ3v) is 3.32. The Bertz CT molecular complexity index is 531. The van der Waals surface area contributed by atoms with Crippen molar-refractivity contribution in [1.29, 1.82) is 0 Å². The van der Waals surface area contributed by atoms with E-state index in [0.717, 1.165) is 11.1 Å². The molecule has 8 heteroatoms. The smallest absolute Gasteiger partial charge is 0.268 e. The normalized spacial score (nSPS) is 11.4. The monoisotopic (exact) mass is 274 g/mol. The van der Waals surface area contributed by atoms with E-state index in [9.17, 15) is 8.42 Å². The molecule has 0 aliphatic rings. The highest BCUT2D eigenvalue weighted by molar-refractivity contribution is 7.85. The van der Waals surface area contributed by atoms with Gasteiger partial charge in [-0.3, -0.25) is 4.55 Å². The molecule has 1 rings (SSSR count). The number of ether oxygens (including phenoxy) is 1. The van der Waals surface area contributed by atoms with E-state index in [0.29, 0.717) is 24.0 Å². The van der Waals surface area contributed by atoms with Gasteiger partial charge in [-0.1, -0.05) is 36.2 Å². The van der Waals surface area contributed by atoms with Crippen LogP contribution in [0.2, 0.25) is 0 Å². The van der Waals surface area contributed by atoms with Gasteiger partial charge in [-0.2, -0.15) is 8.42 Å². The van der Waals surface area contributed by atoms with E-state index in [2.05, 4.69) is 0 Å². The molecule has 0 aliphatic heterocycles. The lowest BCUT2D eigenvalue weighted by Gasteiger charge is -2.15. The van der Waals surface area contributed by atoms with Gasteiger partial charge in [0.05, 0.1) is 23.5 Å². The van der Waals surface area contributed by atoms with Crippen LogP contribution in [0.5, 0.6) is 5.75 Å². The summed E-state index contributed by atoms with van der Waals surface area (Å²) in [5, 5.41) is 0. The number of rotatable bonds is 7. The number of hydrogen-bond acceptors (Lipinski definition) is 3. The molecule has 0 amide bonds. The second-order valence-corrected chi connectivity index (χ2v) is 5.55. The largest absolute Gasteiger partial charge is 0.492 e. The van der Waals surface area contributed by atoms with Gasteiger partial charge in [0.1, 0.15) is 18.1 Å². The zero-order chi connectivity index (χ0) is 14.5. The zero-order valence-electron chi connectivity index (χ0n) is 10.5. The lowest BCUT2D eigenvalue weighted by molar-refractivity contribution is 0.333. The summed E-state index contributed by atoms with van der Waals surface area (Å²) in [5.41, 5.74) is 2.42. The van der Waals surface area contributed by atoms with Gasteiger partial charge in [-0.25, -0.2) is 0 Å².